The van der Waals surface area contributed by atoms with Crippen LogP contribution in [0.25, 0.3) is 22.8 Å². The van der Waals surface area contributed by atoms with Crippen molar-refractivity contribution in [2.45, 2.75) is 0 Å². The van der Waals surface area contributed by atoms with Gasteiger partial charge in [-0.15, -0.1) is 0 Å². The second kappa shape index (κ2) is 5.11. The van der Waals surface area contributed by atoms with E-state index >= 15 is 0 Å². The lowest BCUT2D eigenvalue weighted by molar-refractivity contribution is 0.432. The molecule has 0 spiro atoms. The average molecular weight is 307 g/mol. The Morgan fingerprint density at radius 1 is 1.10 bits per heavy atom. The van der Waals surface area contributed by atoms with Gasteiger partial charge in [-0.3, -0.25) is 4.98 Å². The molecule has 0 saturated carbocycles. The van der Waals surface area contributed by atoms with Crippen LogP contribution in [0.5, 0.6) is 0 Å². The molecule has 3 rings (SSSR count). The van der Waals surface area contributed by atoms with Gasteiger partial charge in [0.15, 0.2) is 0 Å². The Balaban J connectivity index is 2.03. The Morgan fingerprint density at radius 3 is 2.50 bits per heavy atom. The van der Waals surface area contributed by atoms with E-state index in [0.29, 0.717) is 33.0 Å². The summed E-state index contributed by atoms with van der Waals surface area (Å²) in [7, 11) is 0. The summed E-state index contributed by atoms with van der Waals surface area (Å²) >= 11 is 12.0. The molecule has 5 nitrogen and oxygen atoms in total. The maximum atomic E-state index is 5.98. The van der Waals surface area contributed by atoms with Crippen molar-refractivity contribution in [3.05, 3.63) is 46.7 Å². The fourth-order valence-electron chi connectivity index (χ4n) is 1.66. The van der Waals surface area contributed by atoms with Crippen molar-refractivity contribution in [3.8, 4) is 22.8 Å². The van der Waals surface area contributed by atoms with Crippen molar-refractivity contribution in [1.82, 2.24) is 15.1 Å². The zero-order chi connectivity index (χ0) is 14.1. The molecule has 2 heterocycles. The Bertz CT molecular complexity index is 735. The number of hydrogen-bond acceptors (Lipinski definition) is 5. The van der Waals surface area contributed by atoms with Crippen molar-refractivity contribution in [3.63, 3.8) is 0 Å². The Morgan fingerprint density at radius 2 is 1.85 bits per heavy atom. The molecule has 2 N–H and O–H groups in total. The summed E-state index contributed by atoms with van der Waals surface area (Å²) in [5, 5.41) is 4.58. The number of nitrogen functional groups attached to an aromatic ring is 1. The molecular weight excluding hydrogens is 299 g/mol. The number of rotatable bonds is 2. The van der Waals surface area contributed by atoms with Gasteiger partial charge in [0.1, 0.15) is 0 Å². The topological polar surface area (TPSA) is 77.8 Å². The first kappa shape index (κ1) is 12.9. The molecule has 100 valence electrons. The van der Waals surface area contributed by atoms with E-state index in [1.807, 2.05) is 6.07 Å². The highest BCUT2D eigenvalue weighted by molar-refractivity contribution is 6.39. The minimum absolute atomic E-state index is 0.313. The number of aromatic nitrogens is 3. The number of benzene rings is 1. The quantitative estimate of drug-likeness (QED) is 0.731. The highest BCUT2D eigenvalue weighted by Crippen LogP contribution is 2.33. The van der Waals surface area contributed by atoms with Gasteiger partial charge in [-0.05, 0) is 24.3 Å². The normalized spacial score (nSPS) is 10.7. The van der Waals surface area contributed by atoms with Crippen molar-refractivity contribution in [2.75, 3.05) is 5.73 Å². The lowest BCUT2D eigenvalue weighted by Crippen LogP contribution is -1.89. The molecule has 20 heavy (non-hydrogen) atoms. The van der Waals surface area contributed by atoms with E-state index in [0.717, 1.165) is 5.56 Å². The molecular formula is C13H8Cl2N4O. The summed E-state index contributed by atoms with van der Waals surface area (Å²) in [6, 6.07) is 6.89. The molecule has 0 aliphatic carbocycles. The largest absolute Gasteiger partial charge is 0.396 e. The predicted molar refractivity (Wildman–Crippen MR) is 77.4 cm³/mol. The molecule has 0 unspecified atom stereocenters. The summed E-state index contributed by atoms with van der Waals surface area (Å²) in [4.78, 5) is 8.29. The van der Waals surface area contributed by atoms with Crippen molar-refractivity contribution >= 4 is 28.9 Å². The zero-order valence-electron chi connectivity index (χ0n) is 10.0. The average Bonchev–Trinajstić information content (AvgIpc) is 2.95. The van der Waals surface area contributed by atoms with Crippen molar-refractivity contribution in [1.29, 1.82) is 0 Å². The van der Waals surface area contributed by atoms with E-state index in [-0.39, 0.29) is 0 Å². The maximum Gasteiger partial charge on any atom is 0.258 e. The molecule has 0 saturated heterocycles. The van der Waals surface area contributed by atoms with E-state index in [4.69, 9.17) is 33.5 Å². The highest BCUT2D eigenvalue weighted by Gasteiger charge is 2.13. The molecule has 0 fully saturated rings. The van der Waals surface area contributed by atoms with Crippen LogP contribution in [0.1, 0.15) is 0 Å². The predicted octanol–water partition coefficient (Wildman–Crippen LogP) is 3.69. The first-order valence-corrected chi connectivity index (χ1v) is 6.40. The molecule has 0 amide bonds. The summed E-state index contributed by atoms with van der Waals surface area (Å²) in [5.74, 6) is 0.754. The van der Waals surface area contributed by atoms with Gasteiger partial charge in [-0.1, -0.05) is 28.4 Å². The summed E-state index contributed by atoms with van der Waals surface area (Å²) in [5.41, 5.74) is 7.38. The molecule has 3 aromatic rings. The van der Waals surface area contributed by atoms with E-state index < -0.39 is 0 Å². The van der Waals surface area contributed by atoms with Gasteiger partial charge in [0.25, 0.3) is 5.89 Å². The zero-order valence-corrected chi connectivity index (χ0v) is 11.6. The van der Waals surface area contributed by atoms with Gasteiger partial charge in [0.2, 0.25) is 5.82 Å². The van der Waals surface area contributed by atoms with Crippen LogP contribution in [0.15, 0.2) is 41.2 Å². The van der Waals surface area contributed by atoms with Gasteiger partial charge >= 0.3 is 0 Å². The molecule has 0 aliphatic rings. The number of nitrogens with zero attached hydrogens (tertiary/aromatic N) is 3. The fourth-order valence-corrected chi connectivity index (χ4v) is 2.15. The third kappa shape index (κ3) is 2.33. The standard InChI is InChI=1S/C13H8Cl2N4O/c14-9-4-8(5-10(15)11(9)16)13-18-12(19-20-13)7-2-1-3-17-6-7/h1-6H,16H2. The molecule has 0 aliphatic heterocycles. The van der Waals surface area contributed by atoms with Crippen LogP contribution in [0.3, 0.4) is 0 Å². The second-order valence-corrected chi connectivity index (χ2v) is 4.83. The van der Waals surface area contributed by atoms with Crippen molar-refractivity contribution < 1.29 is 4.52 Å². The van der Waals surface area contributed by atoms with Gasteiger partial charge in [0, 0.05) is 23.5 Å². The van der Waals surface area contributed by atoms with Crippen LogP contribution in [0, 0.1) is 0 Å². The first-order valence-electron chi connectivity index (χ1n) is 5.64. The minimum Gasteiger partial charge on any atom is -0.396 e. The van der Waals surface area contributed by atoms with Crippen LogP contribution < -0.4 is 5.73 Å². The van der Waals surface area contributed by atoms with Crippen LogP contribution in [-0.2, 0) is 0 Å². The van der Waals surface area contributed by atoms with E-state index in [2.05, 4.69) is 15.1 Å². The number of hydrogen-bond donors (Lipinski definition) is 1. The van der Waals surface area contributed by atoms with Crippen LogP contribution >= 0.6 is 23.2 Å². The summed E-state index contributed by atoms with van der Waals surface area (Å²) < 4.78 is 5.21. The number of nitrogens with two attached hydrogens (primary N) is 1. The lowest BCUT2D eigenvalue weighted by Gasteiger charge is -2.02. The molecule has 0 atom stereocenters. The van der Waals surface area contributed by atoms with E-state index in [9.17, 15) is 0 Å². The molecule has 0 radical (unpaired) electrons. The fraction of sp³-hybridized carbons (Fsp3) is 0. The molecule has 7 heteroatoms. The maximum absolute atomic E-state index is 5.98. The number of anilines is 1. The smallest absolute Gasteiger partial charge is 0.258 e. The number of pyridine rings is 1. The summed E-state index contributed by atoms with van der Waals surface area (Å²) in [6.45, 7) is 0. The van der Waals surface area contributed by atoms with Crippen LogP contribution in [-0.4, -0.2) is 15.1 Å². The summed E-state index contributed by atoms with van der Waals surface area (Å²) in [6.07, 6.45) is 3.32. The van der Waals surface area contributed by atoms with Crippen LogP contribution in [0.2, 0.25) is 10.0 Å². The number of halogens is 2. The van der Waals surface area contributed by atoms with Gasteiger partial charge < -0.3 is 10.3 Å². The lowest BCUT2D eigenvalue weighted by atomic mass is 10.2. The van der Waals surface area contributed by atoms with Gasteiger partial charge in [-0.25, -0.2) is 0 Å². The van der Waals surface area contributed by atoms with Gasteiger partial charge in [0.05, 0.1) is 15.7 Å². The first-order chi connectivity index (χ1) is 9.65. The third-order valence-electron chi connectivity index (χ3n) is 2.67. The third-order valence-corrected chi connectivity index (χ3v) is 3.30. The van der Waals surface area contributed by atoms with E-state index in [1.54, 1.807) is 30.6 Å². The van der Waals surface area contributed by atoms with Crippen molar-refractivity contribution in [2.24, 2.45) is 0 Å². The molecule has 1 aromatic carbocycles. The Kier molecular flexibility index (Phi) is 3.30. The monoisotopic (exact) mass is 306 g/mol. The van der Waals surface area contributed by atoms with Crippen LogP contribution in [0.4, 0.5) is 5.69 Å². The minimum atomic E-state index is 0.313. The Labute approximate surface area is 124 Å². The molecule has 2 aromatic heterocycles. The second-order valence-electron chi connectivity index (χ2n) is 4.02. The van der Waals surface area contributed by atoms with E-state index in [1.165, 1.54) is 0 Å². The Hall–Kier alpha value is -2.11. The van der Waals surface area contributed by atoms with Gasteiger partial charge in [-0.2, -0.15) is 4.98 Å². The highest BCUT2D eigenvalue weighted by atomic mass is 35.5. The SMILES string of the molecule is Nc1c(Cl)cc(-c2nc(-c3cccnc3)no2)cc1Cl. The molecule has 0 bridgehead atoms.